The van der Waals surface area contributed by atoms with Crippen molar-refractivity contribution in [1.29, 1.82) is 0 Å². The van der Waals surface area contributed by atoms with Gasteiger partial charge in [-0.25, -0.2) is 0 Å². The molecule has 0 unspecified atom stereocenters. The Morgan fingerprint density at radius 2 is 1.82 bits per heavy atom. The SMILES string of the molecule is CC(C)[C@@H](CC(=O)O)[C@H](C)O. The van der Waals surface area contributed by atoms with Crippen LogP contribution in [0, 0.1) is 11.8 Å². The van der Waals surface area contributed by atoms with Gasteiger partial charge in [0.15, 0.2) is 0 Å². The first-order valence-electron chi connectivity index (χ1n) is 3.85. The van der Waals surface area contributed by atoms with Crippen LogP contribution in [-0.2, 0) is 4.79 Å². The number of aliphatic hydroxyl groups is 1. The van der Waals surface area contributed by atoms with Crippen LogP contribution in [0.15, 0.2) is 0 Å². The topological polar surface area (TPSA) is 57.5 Å². The Balaban J connectivity index is 4.00. The molecule has 3 nitrogen and oxygen atoms in total. The minimum absolute atomic E-state index is 0.0509. The van der Waals surface area contributed by atoms with Crippen molar-refractivity contribution in [2.75, 3.05) is 0 Å². The number of carboxylic acid groups (broad SMARTS) is 1. The Bertz CT molecular complexity index is 121. The molecule has 0 radical (unpaired) electrons. The monoisotopic (exact) mass is 160 g/mol. The summed E-state index contributed by atoms with van der Waals surface area (Å²) in [5.41, 5.74) is 0. The number of aliphatic hydroxyl groups excluding tert-OH is 1. The Labute approximate surface area is 67.0 Å². The molecule has 0 aromatic carbocycles. The summed E-state index contributed by atoms with van der Waals surface area (Å²) in [5.74, 6) is -0.761. The maximum Gasteiger partial charge on any atom is 0.303 e. The van der Waals surface area contributed by atoms with Crippen molar-refractivity contribution in [3.05, 3.63) is 0 Å². The lowest BCUT2D eigenvalue weighted by Crippen LogP contribution is -2.24. The molecule has 0 aromatic heterocycles. The van der Waals surface area contributed by atoms with E-state index < -0.39 is 12.1 Å². The molecule has 0 aromatic rings. The maximum absolute atomic E-state index is 10.3. The highest BCUT2D eigenvalue weighted by atomic mass is 16.4. The van der Waals surface area contributed by atoms with Gasteiger partial charge in [0, 0.05) is 0 Å². The largest absolute Gasteiger partial charge is 0.481 e. The van der Waals surface area contributed by atoms with Gasteiger partial charge in [-0.2, -0.15) is 0 Å². The molecule has 0 fully saturated rings. The summed E-state index contributed by atoms with van der Waals surface area (Å²) in [6.45, 7) is 5.47. The number of rotatable bonds is 4. The molecule has 0 rings (SSSR count). The minimum atomic E-state index is -0.843. The first-order valence-corrected chi connectivity index (χ1v) is 3.85. The van der Waals surface area contributed by atoms with Gasteiger partial charge >= 0.3 is 5.97 Å². The van der Waals surface area contributed by atoms with E-state index in [2.05, 4.69) is 0 Å². The number of carbonyl (C=O) groups is 1. The zero-order valence-electron chi connectivity index (χ0n) is 7.24. The highest BCUT2D eigenvalue weighted by Crippen LogP contribution is 2.18. The molecule has 0 spiro atoms. The number of aliphatic carboxylic acids is 1. The molecule has 0 aliphatic carbocycles. The summed E-state index contributed by atoms with van der Waals surface area (Å²) in [5, 5.41) is 17.6. The molecular formula is C8H16O3. The van der Waals surface area contributed by atoms with Crippen molar-refractivity contribution in [3.8, 4) is 0 Å². The fraction of sp³-hybridized carbons (Fsp3) is 0.875. The molecule has 0 heterocycles. The number of hydrogen-bond acceptors (Lipinski definition) is 2. The second-order valence-electron chi connectivity index (χ2n) is 3.25. The van der Waals surface area contributed by atoms with E-state index >= 15 is 0 Å². The Hall–Kier alpha value is -0.570. The normalized spacial score (nSPS) is 16.5. The lowest BCUT2D eigenvalue weighted by molar-refractivity contribution is -0.139. The zero-order valence-corrected chi connectivity index (χ0v) is 7.24. The minimum Gasteiger partial charge on any atom is -0.481 e. The lowest BCUT2D eigenvalue weighted by Gasteiger charge is -2.21. The summed E-state index contributed by atoms with van der Waals surface area (Å²) in [6, 6.07) is 0. The van der Waals surface area contributed by atoms with E-state index in [4.69, 9.17) is 10.2 Å². The first-order chi connectivity index (χ1) is 4.95. The quantitative estimate of drug-likeness (QED) is 0.647. The summed E-state index contributed by atoms with van der Waals surface area (Å²) in [7, 11) is 0. The number of carboxylic acids is 1. The van der Waals surface area contributed by atoms with Crippen LogP contribution in [0.5, 0.6) is 0 Å². The molecule has 0 aliphatic rings. The summed E-state index contributed by atoms with van der Waals surface area (Å²) >= 11 is 0. The van der Waals surface area contributed by atoms with Crippen LogP contribution in [0.25, 0.3) is 0 Å². The maximum atomic E-state index is 10.3. The van der Waals surface area contributed by atoms with Crippen LogP contribution in [0.3, 0.4) is 0 Å². The van der Waals surface area contributed by atoms with Crippen LogP contribution in [0.1, 0.15) is 27.2 Å². The van der Waals surface area contributed by atoms with E-state index in [1.165, 1.54) is 0 Å². The van der Waals surface area contributed by atoms with Crippen molar-refractivity contribution < 1.29 is 15.0 Å². The molecule has 0 saturated heterocycles. The van der Waals surface area contributed by atoms with E-state index in [1.807, 2.05) is 13.8 Å². The molecular weight excluding hydrogens is 144 g/mol. The smallest absolute Gasteiger partial charge is 0.303 e. The Morgan fingerprint density at radius 3 is 1.91 bits per heavy atom. The first kappa shape index (κ1) is 10.4. The van der Waals surface area contributed by atoms with Gasteiger partial charge in [0.05, 0.1) is 12.5 Å². The van der Waals surface area contributed by atoms with E-state index in [0.717, 1.165) is 0 Å². The van der Waals surface area contributed by atoms with E-state index in [1.54, 1.807) is 6.92 Å². The molecule has 0 amide bonds. The van der Waals surface area contributed by atoms with Crippen LogP contribution in [0.2, 0.25) is 0 Å². The summed E-state index contributed by atoms with van der Waals surface area (Å²) in [4.78, 5) is 10.3. The van der Waals surface area contributed by atoms with Crippen molar-refractivity contribution >= 4 is 5.97 Å². The van der Waals surface area contributed by atoms with Gasteiger partial charge in [0.25, 0.3) is 0 Å². The molecule has 11 heavy (non-hydrogen) atoms. The van der Waals surface area contributed by atoms with Gasteiger partial charge in [0.1, 0.15) is 0 Å². The third-order valence-electron chi connectivity index (χ3n) is 1.89. The molecule has 0 saturated carbocycles. The van der Waals surface area contributed by atoms with Gasteiger partial charge < -0.3 is 10.2 Å². The fourth-order valence-corrected chi connectivity index (χ4v) is 1.16. The van der Waals surface area contributed by atoms with Crippen molar-refractivity contribution in [2.24, 2.45) is 11.8 Å². The van der Waals surface area contributed by atoms with Crippen LogP contribution < -0.4 is 0 Å². The second kappa shape index (κ2) is 4.34. The predicted octanol–water partition coefficient (Wildman–Crippen LogP) is 1.11. The lowest BCUT2D eigenvalue weighted by atomic mass is 9.88. The highest BCUT2D eigenvalue weighted by Gasteiger charge is 2.21. The van der Waals surface area contributed by atoms with Gasteiger partial charge in [-0.1, -0.05) is 13.8 Å². The van der Waals surface area contributed by atoms with Crippen molar-refractivity contribution in [2.45, 2.75) is 33.3 Å². The molecule has 3 heteroatoms. The fourth-order valence-electron chi connectivity index (χ4n) is 1.16. The Morgan fingerprint density at radius 1 is 1.36 bits per heavy atom. The molecule has 0 aliphatic heterocycles. The van der Waals surface area contributed by atoms with E-state index in [0.29, 0.717) is 0 Å². The number of hydrogen-bond donors (Lipinski definition) is 2. The average Bonchev–Trinajstić information content (AvgIpc) is 1.81. The predicted molar refractivity (Wildman–Crippen MR) is 42.3 cm³/mol. The van der Waals surface area contributed by atoms with E-state index in [-0.39, 0.29) is 18.3 Å². The van der Waals surface area contributed by atoms with E-state index in [9.17, 15) is 4.79 Å². The van der Waals surface area contributed by atoms with Crippen LogP contribution in [-0.4, -0.2) is 22.3 Å². The third-order valence-corrected chi connectivity index (χ3v) is 1.89. The van der Waals surface area contributed by atoms with Crippen molar-refractivity contribution in [3.63, 3.8) is 0 Å². The molecule has 66 valence electrons. The molecule has 0 bridgehead atoms. The average molecular weight is 160 g/mol. The zero-order chi connectivity index (χ0) is 9.02. The molecule has 2 atom stereocenters. The van der Waals surface area contributed by atoms with Crippen LogP contribution in [0.4, 0.5) is 0 Å². The Kier molecular flexibility index (Phi) is 4.11. The third kappa shape index (κ3) is 3.98. The molecule has 2 N–H and O–H groups in total. The van der Waals surface area contributed by atoms with Gasteiger partial charge in [-0.15, -0.1) is 0 Å². The second-order valence-corrected chi connectivity index (χ2v) is 3.25. The van der Waals surface area contributed by atoms with Gasteiger partial charge in [-0.3, -0.25) is 4.79 Å². The van der Waals surface area contributed by atoms with Crippen LogP contribution >= 0.6 is 0 Å². The summed E-state index contributed by atoms with van der Waals surface area (Å²) in [6.07, 6.45) is -0.485. The standard InChI is InChI=1S/C8H16O3/c1-5(2)7(6(3)9)4-8(10)11/h5-7,9H,4H2,1-3H3,(H,10,11)/t6-,7+/m0/s1. The van der Waals surface area contributed by atoms with Gasteiger partial charge in [0.2, 0.25) is 0 Å². The highest BCUT2D eigenvalue weighted by molar-refractivity contribution is 5.67. The van der Waals surface area contributed by atoms with Crippen molar-refractivity contribution in [1.82, 2.24) is 0 Å². The summed E-state index contributed by atoms with van der Waals surface area (Å²) < 4.78 is 0. The van der Waals surface area contributed by atoms with Gasteiger partial charge in [-0.05, 0) is 18.8 Å².